The van der Waals surface area contributed by atoms with Crippen molar-refractivity contribution in [1.82, 2.24) is 24.8 Å². The Labute approximate surface area is 122 Å². The number of likely N-dealkylation sites (N-methyl/N-ethyl adjacent to an activating group) is 1. The summed E-state index contributed by atoms with van der Waals surface area (Å²) < 4.78 is 0. The van der Waals surface area contributed by atoms with Crippen molar-refractivity contribution in [1.29, 1.82) is 0 Å². The van der Waals surface area contributed by atoms with Crippen molar-refractivity contribution in [3.05, 3.63) is 24.3 Å². The SMILES string of the molecule is CN(C)[C@@H]1CN(C(=O)Cn2nc3ccccc3n2)C[C@H]1O. The third-order valence-electron chi connectivity index (χ3n) is 3.88. The number of likely N-dealkylation sites (tertiary alicyclic amines) is 1. The number of hydrogen-bond acceptors (Lipinski definition) is 5. The number of β-amino-alcohol motifs (C(OH)–C–C–N with tert-alkyl or cyclic N) is 1. The van der Waals surface area contributed by atoms with Crippen LogP contribution >= 0.6 is 0 Å². The van der Waals surface area contributed by atoms with Gasteiger partial charge in [-0.15, -0.1) is 0 Å². The van der Waals surface area contributed by atoms with E-state index in [9.17, 15) is 9.90 Å². The molecule has 2 atom stereocenters. The van der Waals surface area contributed by atoms with Crippen molar-refractivity contribution in [2.75, 3.05) is 27.2 Å². The van der Waals surface area contributed by atoms with Crippen molar-refractivity contribution in [2.45, 2.75) is 18.7 Å². The Hall–Kier alpha value is -1.99. The predicted molar refractivity (Wildman–Crippen MR) is 77.6 cm³/mol. The van der Waals surface area contributed by atoms with Crippen molar-refractivity contribution < 1.29 is 9.90 Å². The highest BCUT2D eigenvalue weighted by molar-refractivity contribution is 5.77. The first-order valence-electron chi connectivity index (χ1n) is 6.97. The molecule has 7 heteroatoms. The fourth-order valence-corrected chi connectivity index (χ4v) is 2.68. The summed E-state index contributed by atoms with van der Waals surface area (Å²) in [7, 11) is 3.81. The average Bonchev–Trinajstić information content (AvgIpc) is 3.01. The van der Waals surface area contributed by atoms with Crippen LogP contribution in [0.3, 0.4) is 0 Å². The molecule has 1 amide bonds. The molecule has 2 heterocycles. The number of benzene rings is 1. The fraction of sp³-hybridized carbons (Fsp3) is 0.500. The highest BCUT2D eigenvalue weighted by Gasteiger charge is 2.35. The van der Waals surface area contributed by atoms with E-state index in [4.69, 9.17) is 0 Å². The van der Waals surface area contributed by atoms with Crippen LogP contribution in [0.5, 0.6) is 0 Å². The second kappa shape index (κ2) is 5.42. The first kappa shape index (κ1) is 14.0. The van der Waals surface area contributed by atoms with E-state index in [1.54, 1.807) is 4.90 Å². The van der Waals surface area contributed by atoms with Crippen LogP contribution in [0.4, 0.5) is 0 Å². The van der Waals surface area contributed by atoms with E-state index in [-0.39, 0.29) is 18.5 Å². The fourth-order valence-electron chi connectivity index (χ4n) is 2.68. The van der Waals surface area contributed by atoms with E-state index >= 15 is 0 Å². The first-order chi connectivity index (χ1) is 10.0. The van der Waals surface area contributed by atoms with Gasteiger partial charge in [-0.1, -0.05) is 12.1 Å². The lowest BCUT2D eigenvalue weighted by Gasteiger charge is -2.21. The topological polar surface area (TPSA) is 74.5 Å². The zero-order valence-electron chi connectivity index (χ0n) is 12.2. The van der Waals surface area contributed by atoms with E-state index in [0.717, 1.165) is 11.0 Å². The Balaban J connectivity index is 1.69. The Morgan fingerprint density at radius 3 is 2.43 bits per heavy atom. The van der Waals surface area contributed by atoms with Crippen LogP contribution in [0.15, 0.2) is 24.3 Å². The van der Waals surface area contributed by atoms with Crippen molar-refractivity contribution in [3.8, 4) is 0 Å². The molecule has 0 unspecified atom stereocenters. The number of hydrogen-bond donors (Lipinski definition) is 1. The zero-order chi connectivity index (χ0) is 15.0. The molecule has 21 heavy (non-hydrogen) atoms. The summed E-state index contributed by atoms with van der Waals surface area (Å²) in [5.41, 5.74) is 1.55. The molecular weight excluding hydrogens is 270 g/mol. The average molecular weight is 289 g/mol. The van der Waals surface area contributed by atoms with Gasteiger partial charge in [-0.25, -0.2) is 0 Å². The number of rotatable bonds is 3. The third-order valence-corrected chi connectivity index (χ3v) is 3.88. The molecule has 1 fully saturated rings. The smallest absolute Gasteiger partial charge is 0.246 e. The third kappa shape index (κ3) is 2.74. The van der Waals surface area contributed by atoms with E-state index < -0.39 is 6.10 Å². The van der Waals surface area contributed by atoms with Crippen molar-refractivity contribution >= 4 is 16.9 Å². The number of carbonyl (C=O) groups is 1. The van der Waals surface area contributed by atoms with Crippen LogP contribution in [0.2, 0.25) is 0 Å². The Bertz CT molecular complexity index is 621. The van der Waals surface area contributed by atoms with Crippen LogP contribution in [-0.4, -0.2) is 75.1 Å². The molecule has 1 N–H and O–H groups in total. The van der Waals surface area contributed by atoms with Crippen LogP contribution in [0.1, 0.15) is 0 Å². The molecule has 1 aliphatic heterocycles. The Kier molecular flexibility index (Phi) is 3.60. The summed E-state index contributed by atoms with van der Waals surface area (Å²) in [6.07, 6.45) is -0.506. The maximum absolute atomic E-state index is 12.3. The van der Waals surface area contributed by atoms with Gasteiger partial charge in [-0.05, 0) is 26.2 Å². The van der Waals surface area contributed by atoms with Gasteiger partial charge >= 0.3 is 0 Å². The summed E-state index contributed by atoms with van der Waals surface area (Å²) in [5.74, 6) is -0.0706. The summed E-state index contributed by atoms with van der Waals surface area (Å²) in [6.45, 7) is 0.998. The molecule has 3 rings (SSSR count). The Morgan fingerprint density at radius 1 is 1.29 bits per heavy atom. The van der Waals surface area contributed by atoms with Crippen LogP contribution in [0, 0.1) is 0 Å². The quantitative estimate of drug-likeness (QED) is 0.829. The van der Waals surface area contributed by atoms with Gasteiger partial charge < -0.3 is 14.9 Å². The molecule has 0 radical (unpaired) electrons. The van der Waals surface area contributed by atoms with Gasteiger partial charge in [0.05, 0.1) is 12.1 Å². The molecule has 1 saturated heterocycles. The minimum absolute atomic E-state index is 0.0152. The number of aromatic nitrogens is 3. The van der Waals surface area contributed by atoms with Gasteiger partial charge in [0.15, 0.2) is 0 Å². The minimum atomic E-state index is -0.506. The maximum Gasteiger partial charge on any atom is 0.246 e. The maximum atomic E-state index is 12.3. The van der Waals surface area contributed by atoms with Crippen LogP contribution in [-0.2, 0) is 11.3 Å². The standard InChI is InChI=1S/C14H19N5O2/c1-17(2)12-7-18(8-13(12)20)14(21)9-19-15-10-5-3-4-6-11(10)16-19/h3-6,12-13,20H,7-9H2,1-2H3/t12-,13-/m1/s1. The van der Waals surface area contributed by atoms with Crippen LogP contribution in [0.25, 0.3) is 11.0 Å². The van der Waals surface area contributed by atoms with Crippen molar-refractivity contribution in [3.63, 3.8) is 0 Å². The van der Waals surface area contributed by atoms with Gasteiger partial charge in [0.25, 0.3) is 0 Å². The molecule has 1 aromatic heterocycles. The molecule has 2 aromatic rings. The number of nitrogens with zero attached hydrogens (tertiary/aromatic N) is 5. The molecule has 0 spiro atoms. The number of fused-ring (bicyclic) bond motifs is 1. The normalized spacial score (nSPS) is 22.4. The van der Waals surface area contributed by atoms with E-state index in [0.29, 0.717) is 13.1 Å². The van der Waals surface area contributed by atoms with Gasteiger partial charge in [-0.2, -0.15) is 15.0 Å². The monoisotopic (exact) mass is 289 g/mol. The van der Waals surface area contributed by atoms with Gasteiger partial charge in [0, 0.05) is 13.1 Å². The first-order valence-corrected chi connectivity index (χ1v) is 6.97. The largest absolute Gasteiger partial charge is 0.390 e. The second-order valence-electron chi connectivity index (χ2n) is 5.62. The molecule has 1 aliphatic rings. The lowest BCUT2D eigenvalue weighted by atomic mass is 10.2. The summed E-state index contributed by atoms with van der Waals surface area (Å²) in [5, 5.41) is 18.6. The molecule has 0 bridgehead atoms. The molecular formula is C14H19N5O2. The number of carbonyl (C=O) groups excluding carboxylic acids is 1. The van der Waals surface area contributed by atoms with Crippen molar-refractivity contribution in [2.24, 2.45) is 0 Å². The molecule has 0 saturated carbocycles. The summed E-state index contributed by atoms with van der Waals surface area (Å²) in [6, 6.07) is 7.50. The number of amides is 1. The van der Waals surface area contributed by atoms with Gasteiger partial charge in [0.2, 0.25) is 5.91 Å². The molecule has 7 nitrogen and oxygen atoms in total. The zero-order valence-corrected chi connectivity index (χ0v) is 12.2. The lowest BCUT2D eigenvalue weighted by Crippen LogP contribution is -2.38. The van der Waals surface area contributed by atoms with Gasteiger partial charge in [0.1, 0.15) is 17.6 Å². The van der Waals surface area contributed by atoms with E-state index in [1.807, 2.05) is 43.3 Å². The number of aliphatic hydroxyl groups excluding tert-OH is 1. The lowest BCUT2D eigenvalue weighted by molar-refractivity contribution is -0.131. The van der Waals surface area contributed by atoms with Crippen LogP contribution < -0.4 is 0 Å². The predicted octanol–water partition coefficient (Wildman–Crippen LogP) is -0.435. The number of aliphatic hydroxyl groups is 1. The summed E-state index contributed by atoms with van der Waals surface area (Å²) in [4.78, 5) is 17.3. The molecule has 112 valence electrons. The van der Waals surface area contributed by atoms with E-state index in [1.165, 1.54) is 4.80 Å². The highest BCUT2D eigenvalue weighted by atomic mass is 16.3. The second-order valence-corrected chi connectivity index (χ2v) is 5.62. The van der Waals surface area contributed by atoms with Gasteiger partial charge in [-0.3, -0.25) is 4.79 Å². The summed E-state index contributed by atoms with van der Waals surface area (Å²) >= 11 is 0. The van der Waals surface area contributed by atoms with E-state index in [2.05, 4.69) is 10.2 Å². The molecule has 0 aliphatic carbocycles. The molecule has 1 aromatic carbocycles. The highest BCUT2D eigenvalue weighted by Crippen LogP contribution is 2.15. The Morgan fingerprint density at radius 2 is 1.90 bits per heavy atom. The minimum Gasteiger partial charge on any atom is -0.390 e.